The predicted molar refractivity (Wildman–Crippen MR) is 76.4 cm³/mol. The number of benzene rings is 2. The average molecular weight is 256 g/mol. The Morgan fingerprint density at radius 2 is 1.95 bits per heavy atom. The van der Waals surface area contributed by atoms with Gasteiger partial charge in [-0.2, -0.15) is 0 Å². The number of amides is 1. The molecule has 0 saturated heterocycles. The molecule has 0 aliphatic carbocycles. The standard InChI is InChI=1S/C15H16N2O2/c1-9-6-7-10(2)13(8-9)17-15(19)11-4-3-5-12(16)14(11)18/h3-8,18H,16H2,1-2H3,(H,17,19). The first-order chi connectivity index (χ1) is 8.99. The Morgan fingerprint density at radius 1 is 1.21 bits per heavy atom. The van der Waals surface area contributed by atoms with Crippen molar-refractivity contribution in [2.45, 2.75) is 13.8 Å². The predicted octanol–water partition coefficient (Wildman–Crippen LogP) is 2.84. The molecule has 0 saturated carbocycles. The second-order valence-corrected chi connectivity index (χ2v) is 4.52. The number of nitrogen functional groups attached to an aromatic ring is 1. The molecule has 0 unspecified atom stereocenters. The van der Waals surface area contributed by atoms with Crippen LogP contribution in [0.5, 0.6) is 5.75 Å². The van der Waals surface area contributed by atoms with Crippen molar-refractivity contribution in [3.05, 3.63) is 53.1 Å². The number of nitrogens with one attached hydrogen (secondary N) is 1. The van der Waals surface area contributed by atoms with E-state index in [1.165, 1.54) is 6.07 Å². The summed E-state index contributed by atoms with van der Waals surface area (Å²) in [5, 5.41) is 12.6. The zero-order valence-corrected chi connectivity index (χ0v) is 10.9. The molecule has 0 radical (unpaired) electrons. The molecule has 19 heavy (non-hydrogen) atoms. The van der Waals surface area contributed by atoms with Gasteiger partial charge in [-0.15, -0.1) is 0 Å². The maximum atomic E-state index is 12.1. The van der Waals surface area contributed by atoms with Crippen LogP contribution >= 0.6 is 0 Å². The molecule has 2 rings (SSSR count). The van der Waals surface area contributed by atoms with Crippen LogP contribution in [0.15, 0.2) is 36.4 Å². The summed E-state index contributed by atoms with van der Waals surface area (Å²) in [5.41, 5.74) is 8.67. The molecular formula is C15H16N2O2. The number of rotatable bonds is 2. The van der Waals surface area contributed by atoms with Crippen molar-refractivity contribution >= 4 is 17.3 Å². The lowest BCUT2D eigenvalue weighted by molar-refractivity contribution is 0.102. The second-order valence-electron chi connectivity index (χ2n) is 4.52. The van der Waals surface area contributed by atoms with Crippen molar-refractivity contribution < 1.29 is 9.90 Å². The maximum Gasteiger partial charge on any atom is 0.259 e. The minimum atomic E-state index is -0.376. The smallest absolute Gasteiger partial charge is 0.259 e. The summed E-state index contributed by atoms with van der Waals surface area (Å²) in [5.74, 6) is -0.566. The summed E-state index contributed by atoms with van der Waals surface area (Å²) < 4.78 is 0. The van der Waals surface area contributed by atoms with Crippen LogP contribution in [0.4, 0.5) is 11.4 Å². The zero-order chi connectivity index (χ0) is 14.0. The van der Waals surface area contributed by atoms with Crippen LogP contribution in [-0.2, 0) is 0 Å². The number of phenols is 1. The molecule has 0 fully saturated rings. The Bertz CT molecular complexity index is 636. The van der Waals surface area contributed by atoms with E-state index in [9.17, 15) is 9.90 Å². The maximum absolute atomic E-state index is 12.1. The lowest BCUT2D eigenvalue weighted by atomic mass is 10.1. The summed E-state index contributed by atoms with van der Waals surface area (Å²) in [6.07, 6.45) is 0. The van der Waals surface area contributed by atoms with E-state index in [1.807, 2.05) is 32.0 Å². The van der Waals surface area contributed by atoms with Crippen LogP contribution in [0.1, 0.15) is 21.5 Å². The number of nitrogens with two attached hydrogens (primary N) is 1. The third-order valence-corrected chi connectivity index (χ3v) is 2.95. The molecule has 4 N–H and O–H groups in total. The van der Waals surface area contributed by atoms with Gasteiger partial charge in [-0.05, 0) is 43.2 Å². The molecule has 2 aromatic carbocycles. The van der Waals surface area contributed by atoms with Crippen LogP contribution in [-0.4, -0.2) is 11.0 Å². The van der Waals surface area contributed by atoms with Crippen molar-refractivity contribution in [1.29, 1.82) is 0 Å². The van der Waals surface area contributed by atoms with Gasteiger partial charge in [0.1, 0.15) is 0 Å². The lowest BCUT2D eigenvalue weighted by Gasteiger charge is -2.11. The highest BCUT2D eigenvalue weighted by molar-refractivity contribution is 6.07. The molecule has 0 aliphatic heterocycles. The quantitative estimate of drug-likeness (QED) is 0.571. The van der Waals surface area contributed by atoms with E-state index in [-0.39, 0.29) is 22.9 Å². The van der Waals surface area contributed by atoms with E-state index in [4.69, 9.17) is 5.73 Å². The number of carbonyl (C=O) groups is 1. The molecule has 0 atom stereocenters. The third kappa shape index (κ3) is 2.68. The topological polar surface area (TPSA) is 75.4 Å². The molecular weight excluding hydrogens is 240 g/mol. The van der Waals surface area contributed by atoms with E-state index in [1.54, 1.807) is 12.1 Å². The van der Waals surface area contributed by atoms with E-state index < -0.39 is 0 Å². The first-order valence-corrected chi connectivity index (χ1v) is 5.95. The number of aryl methyl sites for hydroxylation is 2. The number of anilines is 2. The fraction of sp³-hybridized carbons (Fsp3) is 0.133. The Hall–Kier alpha value is -2.49. The van der Waals surface area contributed by atoms with Gasteiger partial charge in [0, 0.05) is 5.69 Å². The molecule has 98 valence electrons. The first kappa shape index (κ1) is 13.0. The third-order valence-electron chi connectivity index (χ3n) is 2.95. The summed E-state index contributed by atoms with van der Waals surface area (Å²) in [4.78, 5) is 12.1. The SMILES string of the molecule is Cc1ccc(C)c(NC(=O)c2cccc(N)c2O)c1. The highest BCUT2D eigenvalue weighted by atomic mass is 16.3. The van der Waals surface area contributed by atoms with Crippen molar-refractivity contribution in [1.82, 2.24) is 0 Å². The Labute approximate surface area is 111 Å². The number of para-hydroxylation sites is 1. The van der Waals surface area contributed by atoms with E-state index in [0.717, 1.165) is 16.8 Å². The number of phenolic OH excluding ortho intramolecular Hbond substituents is 1. The van der Waals surface area contributed by atoms with Crippen LogP contribution in [0.3, 0.4) is 0 Å². The molecule has 0 heterocycles. The highest BCUT2D eigenvalue weighted by Crippen LogP contribution is 2.26. The second kappa shape index (κ2) is 5.02. The number of aromatic hydroxyl groups is 1. The van der Waals surface area contributed by atoms with Crippen LogP contribution < -0.4 is 11.1 Å². The highest BCUT2D eigenvalue weighted by Gasteiger charge is 2.13. The van der Waals surface area contributed by atoms with Gasteiger partial charge in [-0.1, -0.05) is 18.2 Å². The zero-order valence-electron chi connectivity index (χ0n) is 10.9. The molecule has 2 aromatic rings. The van der Waals surface area contributed by atoms with Gasteiger partial charge >= 0.3 is 0 Å². The van der Waals surface area contributed by atoms with Crippen molar-refractivity contribution in [3.8, 4) is 5.75 Å². The Balaban J connectivity index is 2.31. The Kier molecular flexibility index (Phi) is 3.42. The summed E-state index contributed by atoms with van der Waals surface area (Å²) in [6, 6.07) is 10.5. The van der Waals surface area contributed by atoms with E-state index in [2.05, 4.69) is 5.32 Å². The molecule has 4 nitrogen and oxygen atoms in total. The summed E-state index contributed by atoms with van der Waals surface area (Å²) >= 11 is 0. The number of hydrogen-bond acceptors (Lipinski definition) is 3. The van der Waals surface area contributed by atoms with Gasteiger partial charge < -0.3 is 16.2 Å². The monoisotopic (exact) mass is 256 g/mol. The number of carbonyl (C=O) groups excluding carboxylic acids is 1. The van der Waals surface area contributed by atoms with Crippen molar-refractivity contribution in [2.75, 3.05) is 11.1 Å². The fourth-order valence-electron chi connectivity index (χ4n) is 1.80. The van der Waals surface area contributed by atoms with Crippen LogP contribution in [0.25, 0.3) is 0 Å². The Morgan fingerprint density at radius 3 is 2.68 bits per heavy atom. The van der Waals surface area contributed by atoms with Crippen LogP contribution in [0, 0.1) is 13.8 Å². The summed E-state index contributed by atoms with van der Waals surface area (Å²) in [7, 11) is 0. The minimum Gasteiger partial charge on any atom is -0.505 e. The van der Waals surface area contributed by atoms with Gasteiger partial charge in [-0.25, -0.2) is 0 Å². The van der Waals surface area contributed by atoms with Gasteiger partial charge in [0.15, 0.2) is 5.75 Å². The largest absolute Gasteiger partial charge is 0.505 e. The minimum absolute atomic E-state index is 0.168. The fourth-order valence-corrected chi connectivity index (χ4v) is 1.80. The van der Waals surface area contributed by atoms with Crippen molar-refractivity contribution in [3.63, 3.8) is 0 Å². The van der Waals surface area contributed by atoms with Gasteiger partial charge in [0.05, 0.1) is 11.3 Å². The molecule has 0 bridgehead atoms. The summed E-state index contributed by atoms with van der Waals surface area (Å²) in [6.45, 7) is 3.86. The molecule has 1 amide bonds. The van der Waals surface area contributed by atoms with Crippen LogP contribution in [0.2, 0.25) is 0 Å². The molecule has 4 heteroatoms. The first-order valence-electron chi connectivity index (χ1n) is 5.95. The molecule has 0 aliphatic rings. The van der Waals surface area contributed by atoms with Gasteiger partial charge in [0.25, 0.3) is 5.91 Å². The van der Waals surface area contributed by atoms with Gasteiger partial charge in [-0.3, -0.25) is 4.79 Å². The van der Waals surface area contributed by atoms with E-state index >= 15 is 0 Å². The number of hydrogen-bond donors (Lipinski definition) is 3. The molecule has 0 aromatic heterocycles. The lowest BCUT2D eigenvalue weighted by Crippen LogP contribution is -2.13. The normalized spacial score (nSPS) is 10.2. The molecule has 0 spiro atoms. The average Bonchev–Trinajstić information content (AvgIpc) is 2.37. The van der Waals surface area contributed by atoms with Crippen molar-refractivity contribution in [2.24, 2.45) is 0 Å². The van der Waals surface area contributed by atoms with Gasteiger partial charge in [0.2, 0.25) is 0 Å². The van der Waals surface area contributed by atoms with E-state index in [0.29, 0.717) is 0 Å².